The molecule has 1 fully saturated rings. The molecule has 1 saturated heterocycles. The maximum Gasteiger partial charge on any atom is 0.326 e. The van der Waals surface area contributed by atoms with Crippen LogP contribution >= 0.6 is 0 Å². The van der Waals surface area contributed by atoms with Crippen molar-refractivity contribution < 1.29 is 28.8 Å². The van der Waals surface area contributed by atoms with Crippen LogP contribution in [0, 0.1) is 10.1 Å². The van der Waals surface area contributed by atoms with E-state index in [0.29, 0.717) is 19.4 Å². The van der Waals surface area contributed by atoms with Crippen LogP contribution in [0.4, 0.5) is 11.4 Å². The fraction of sp³-hybridized carbons (Fsp3) is 0.438. The quantitative estimate of drug-likeness (QED) is 0.435. The molecular weight excluding hydrogens is 346 g/mol. The number of carbonyl (C=O) groups excluding carboxylic acids is 3. The Labute approximate surface area is 149 Å². The molecule has 1 aromatic carbocycles. The van der Waals surface area contributed by atoms with Crippen LogP contribution in [0.25, 0.3) is 0 Å². The molecule has 0 spiro atoms. The van der Waals surface area contributed by atoms with Crippen molar-refractivity contribution in [2.45, 2.75) is 25.9 Å². The van der Waals surface area contributed by atoms with Gasteiger partial charge < -0.3 is 19.7 Å². The Morgan fingerprint density at radius 3 is 2.73 bits per heavy atom. The molecule has 26 heavy (non-hydrogen) atoms. The zero-order valence-electron chi connectivity index (χ0n) is 14.4. The Balaban J connectivity index is 1.97. The lowest BCUT2D eigenvalue weighted by molar-refractivity contribution is -0.384. The summed E-state index contributed by atoms with van der Waals surface area (Å²) in [5.41, 5.74) is -0.391. The maximum absolute atomic E-state index is 12.2. The number of nitrogens with one attached hydrogen (secondary N) is 1. The number of likely N-dealkylation sites (tertiary alicyclic amines) is 1. The molecule has 1 heterocycles. The van der Waals surface area contributed by atoms with Gasteiger partial charge in [-0.15, -0.1) is 0 Å². The van der Waals surface area contributed by atoms with Crippen molar-refractivity contribution in [1.82, 2.24) is 4.90 Å². The van der Waals surface area contributed by atoms with E-state index in [1.165, 1.54) is 37.1 Å². The molecule has 0 radical (unpaired) electrons. The standard InChI is InChI=1S/C16H19N3O7/c1-10(26-15(21)9-18-7-3-4-14(18)20)16(22)17-12-6-5-11(25-2)8-13(12)19(23)24/h5-6,8,10H,3-4,7,9H2,1-2H3,(H,17,22)/t10-/m0/s1. The summed E-state index contributed by atoms with van der Waals surface area (Å²) >= 11 is 0. The van der Waals surface area contributed by atoms with E-state index < -0.39 is 22.9 Å². The van der Waals surface area contributed by atoms with Gasteiger partial charge in [0.25, 0.3) is 11.6 Å². The predicted molar refractivity (Wildman–Crippen MR) is 89.6 cm³/mol. The van der Waals surface area contributed by atoms with Gasteiger partial charge in [-0.3, -0.25) is 24.5 Å². The van der Waals surface area contributed by atoms with E-state index in [4.69, 9.17) is 9.47 Å². The largest absolute Gasteiger partial charge is 0.496 e. The summed E-state index contributed by atoms with van der Waals surface area (Å²) in [6.45, 7) is 1.60. The second-order valence-electron chi connectivity index (χ2n) is 5.68. The second kappa shape index (κ2) is 8.28. The SMILES string of the molecule is COc1ccc(NC(=O)[C@H](C)OC(=O)CN2CCCC2=O)c([N+](=O)[O-])c1. The third-order valence-electron chi connectivity index (χ3n) is 3.83. The Bertz CT molecular complexity index is 735. The molecule has 1 N–H and O–H groups in total. The van der Waals surface area contributed by atoms with Gasteiger partial charge in [0, 0.05) is 13.0 Å². The number of rotatable bonds is 7. The number of benzene rings is 1. The van der Waals surface area contributed by atoms with Crippen LogP contribution < -0.4 is 10.1 Å². The topological polar surface area (TPSA) is 128 Å². The highest BCUT2D eigenvalue weighted by Gasteiger charge is 2.26. The van der Waals surface area contributed by atoms with Gasteiger partial charge in [0.15, 0.2) is 6.10 Å². The van der Waals surface area contributed by atoms with Crippen molar-refractivity contribution in [3.05, 3.63) is 28.3 Å². The Morgan fingerprint density at radius 2 is 2.15 bits per heavy atom. The van der Waals surface area contributed by atoms with Gasteiger partial charge in [-0.1, -0.05) is 0 Å². The van der Waals surface area contributed by atoms with Crippen LogP contribution in [-0.2, 0) is 19.1 Å². The van der Waals surface area contributed by atoms with E-state index in [-0.39, 0.29) is 29.6 Å². The lowest BCUT2D eigenvalue weighted by Crippen LogP contribution is -2.36. The molecule has 0 aliphatic carbocycles. The molecule has 10 nitrogen and oxygen atoms in total. The number of anilines is 1. The van der Waals surface area contributed by atoms with Gasteiger partial charge in [-0.25, -0.2) is 0 Å². The smallest absolute Gasteiger partial charge is 0.326 e. The van der Waals surface area contributed by atoms with E-state index in [1.54, 1.807) is 0 Å². The summed E-state index contributed by atoms with van der Waals surface area (Å²) in [4.78, 5) is 47.3. The maximum atomic E-state index is 12.2. The number of esters is 1. The third-order valence-corrected chi connectivity index (χ3v) is 3.83. The Morgan fingerprint density at radius 1 is 1.42 bits per heavy atom. The van der Waals surface area contributed by atoms with Crippen molar-refractivity contribution in [2.24, 2.45) is 0 Å². The molecule has 10 heteroatoms. The number of carbonyl (C=O) groups is 3. The molecule has 0 unspecified atom stereocenters. The van der Waals surface area contributed by atoms with Crippen LogP contribution in [0.1, 0.15) is 19.8 Å². The molecule has 0 bridgehead atoms. The molecule has 1 aliphatic rings. The monoisotopic (exact) mass is 365 g/mol. The summed E-state index contributed by atoms with van der Waals surface area (Å²) in [6, 6.07) is 3.95. The average Bonchev–Trinajstić information content (AvgIpc) is 2.99. The van der Waals surface area contributed by atoms with E-state index in [2.05, 4.69) is 5.32 Å². The number of amides is 2. The van der Waals surface area contributed by atoms with Crippen molar-refractivity contribution in [2.75, 3.05) is 25.5 Å². The van der Waals surface area contributed by atoms with E-state index in [0.717, 1.165) is 0 Å². The molecule has 0 saturated carbocycles. The van der Waals surface area contributed by atoms with Gasteiger partial charge in [0.2, 0.25) is 5.91 Å². The zero-order valence-corrected chi connectivity index (χ0v) is 14.4. The molecule has 1 atom stereocenters. The van der Waals surface area contributed by atoms with E-state index in [1.807, 2.05) is 0 Å². The number of hydrogen-bond acceptors (Lipinski definition) is 7. The highest BCUT2D eigenvalue weighted by molar-refractivity contribution is 5.97. The highest BCUT2D eigenvalue weighted by Crippen LogP contribution is 2.29. The predicted octanol–water partition coefficient (Wildman–Crippen LogP) is 1.10. The second-order valence-corrected chi connectivity index (χ2v) is 5.68. The number of nitrogens with zero attached hydrogens (tertiary/aromatic N) is 2. The van der Waals surface area contributed by atoms with Gasteiger partial charge in [0.05, 0.1) is 18.1 Å². The zero-order chi connectivity index (χ0) is 19.3. The summed E-state index contributed by atoms with van der Waals surface area (Å²) in [5, 5.41) is 13.5. The van der Waals surface area contributed by atoms with Crippen LogP contribution in [0.15, 0.2) is 18.2 Å². The minimum absolute atomic E-state index is 0.0431. The number of ether oxygens (including phenoxy) is 2. The van der Waals surface area contributed by atoms with Crippen LogP contribution in [-0.4, -0.2) is 53.9 Å². The number of methoxy groups -OCH3 is 1. The lowest BCUT2D eigenvalue weighted by Gasteiger charge is -2.17. The number of hydrogen-bond donors (Lipinski definition) is 1. The van der Waals surface area contributed by atoms with Crippen molar-refractivity contribution in [3.8, 4) is 5.75 Å². The van der Waals surface area contributed by atoms with Crippen molar-refractivity contribution in [1.29, 1.82) is 0 Å². The molecule has 2 amide bonds. The van der Waals surface area contributed by atoms with E-state index in [9.17, 15) is 24.5 Å². The first-order valence-electron chi connectivity index (χ1n) is 7.92. The minimum atomic E-state index is -1.18. The van der Waals surface area contributed by atoms with Crippen LogP contribution in [0.5, 0.6) is 5.75 Å². The lowest BCUT2D eigenvalue weighted by atomic mass is 10.2. The minimum Gasteiger partial charge on any atom is -0.496 e. The number of nitro benzene ring substituents is 1. The number of nitro groups is 1. The molecule has 140 valence electrons. The Kier molecular flexibility index (Phi) is 6.10. The van der Waals surface area contributed by atoms with Crippen molar-refractivity contribution in [3.63, 3.8) is 0 Å². The van der Waals surface area contributed by atoms with Gasteiger partial charge in [-0.05, 0) is 25.5 Å². The summed E-state index contributed by atoms with van der Waals surface area (Å²) in [7, 11) is 1.37. The summed E-state index contributed by atoms with van der Waals surface area (Å²) < 4.78 is 9.92. The molecule has 0 aromatic heterocycles. The van der Waals surface area contributed by atoms with Gasteiger partial charge in [0.1, 0.15) is 18.0 Å². The molecule has 1 aliphatic heterocycles. The normalized spacial score (nSPS) is 14.7. The van der Waals surface area contributed by atoms with Crippen molar-refractivity contribution >= 4 is 29.2 Å². The molecule has 1 aromatic rings. The highest BCUT2D eigenvalue weighted by atomic mass is 16.6. The van der Waals surface area contributed by atoms with Crippen LogP contribution in [0.3, 0.4) is 0 Å². The first kappa shape index (κ1) is 19.2. The first-order chi connectivity index (χ1) is 12.3. The average molecular weight is 365 g/mol. The van der Waals surface area contributed by atoms with Gasteiger partial charge >= 0.3 is 5.97 Å². The van der Waals surface area contributed by atoms with E-state index >= 15 is 0 Å². The summed E-state index contributed by atoms with van der Waals surface area (Å²) in [6.07, 6.45) is -0.102. The Hall–Kier alpha value is -3.17. The van der Waals surface area contributed by atoms with Crippen LogP contribution in [0.2, 0.25) is 0 Å². The molecule has 2 rings (SSSR count). The fourth-order valence-electron chi connectivity index (χ4n) is 2.44. The first-order valence-corrected chi connectivity index (χ1v) is 7.92. The molecular formula is C16H19N3O7. The summed E-state index contributed by atoms with van der Waals surface area (Å²) in [5.74, 6) is -1.30. The van der Waals surface area contributed by atoms with Gasteiger partial charge in [-0.2, -0.15) is 0 Å². The third kappa shape index (κ3) is 4.68. The fourth-order valence-corrected chi connectivity index (χ4v) is 2.44.